The van der Waals surface area contributed by atoms with Gasteiger partial charge in [0.15, 0.2) is 0 Å². The first-order chi connectivity index (χ1) is 9.67. The molecule has 132 valence electrons. The first kappa shape index (κ1) is 21.4. The molecule has 0 saturated carbocycles. The van der Waals surface area contributed by atoms with Crippen LogP contribution in [0.2, 0.25) is 0 Å². The van der Waals surface area contributed by atoms with E-state index in [1.807, 2.05) is 20.8 Å². The molecule has 0 aromatic heterocycles. The highest BCUT2D eigenvalue weighted by atomic mass is 16.5. The number of rotatable bonds is 9. The van der Waals surface area contributed by atoms with Gasteiger partial charge in [0, 0.05) is 11.5 Å². The highest BCUT2D eigenvalue weighted by Gasteiger charge is 2.34. The fraction of sp³-hybridized carbons (Fsp3) is 0.944. The molecule has 0 aromatic rings. The van der Waals surface area contributed by atoms with Crippen LogP contribution in [0.1, 0.15) is 75.2 Å². The van der Waals surface area contributed by atoms with Crippen LogP contribution in [0.3, 0.4) is 0 Å². The maximum atomic E-state index is 12.5. The Kier molecular flexibility index (Phi) is 7.56. The standard InChI is InChI=1S/C18H37NO3/c1-13(2)10-11-16(4,5)19-15(20)18(8,9)22-12-14(3)17(6,7)21/h13-14,21H,10-12H2,1-9H3,(H,19,20). The summed E-state index contributed by atoms with van der Waals surface area (Å²) in [6.45, 7) is 17.8. The fourth-order valence-corrected chi connectivity index (χ4v) is 1.77. The minimum absolute atomic E-state index is 0.0477. The zero-order valence-electron chi connectivity index (χ0n) is 16.0. The van der Waals surface area contributed by atoms with E-state index in [2.05, 4.69) is 19.2 Å². The third kappa shape index (κ3) is 8.14. The normalized spacial score (nSPS) is 15.0. The van der Waals surface area contributed by atoms with Crippen LogP contribution in [0.15, 0.2) is 0 Å². The molecule has 4 nitrogen and oxygen atoms in total. The summed E-state index contributed by atoms with van der Waals surface area (Å²) in [6.07, 6.45) is 2.01. The monoisotopic (exact) mass is 315 g/mol. The molecule has 1 atom stereocenters. The van der Waals surface area contributed by atoms with Crippen molar-refractivity contribution in [3.05, 3.63) is 0 Å². The molecule has 1 amide bonds. The third-order valence-corrected chi connectivity index (χ3v) is 4.25. The summed E-state index contributed by atoms with van der Waals surface area (Å²) in [5, 5.41) is 13.0. The zero-order chi connectivity index (χ0) is 17.8. The molecule has 0 rings (SSSR count). The first-order valence-corrected chi connectivity index (χ1v) is 8.36. The molecule has 0 heterocycles. The van der Waals surface area contributed by atoms with Crippen LogP contribution in [0, 0.1) is 11.8 Å². The Bertz CT molecular complexity index is 354. The number of hydrogen-bond acceptors (Lipinski definition) is 3. The van der Waals surface area contributed by atoms with E-state index in [4.69, 9.17) is 4.74 Å². The van der Waals surface area contributed by atoms with Gasteiger partial charge < -0.3 is 15.2 Å². The Hall–Kier alpha value is -0.610. The molecule has 0 bridgehead atoms. The van der Waals surface area contributed by atoms with E-state index < -0.39 is 11.2 Å². The summed E-state index contributed by atoms with van der Waals surface area (Å²) in [5.41, 5.74) is -1.97. The third-order valence-electron chi connectivity index (χ3n) is 4.25. The lowest BCUT2D eigenvalue weighted by Gasteiger charge is -2.34. The zero-order valence-corrected chi connectivity index (χ0v) is 16.0. The summed E-state index contributed by atoms with van der Waals surface area (Å²) in [5.74, 6) is 0.464. The minimum Gasteiger partial charge on any atom is -0.390 e. The van der Waals surface area contributed by atoms with Gasteiger partial charge in [-0.2, -0.15) is 0 Å². The number of ether oxygens (including phenoxy) is 1. The van der Waals surface area contributed by atoms with Crippen LogP contribution in [-0.2, 0) is 9.53 Å². The van der Waals surface area contributed by atoms with E-state index in [0.717, 1.165) is 12.8 Å². The summed E-state index contributed by atoms with van der Waals surface area (Å²) in [4.78, 5) is 12.5. The van der Waals surface area contributed by atoms with Crippen LogP contribution in [0.25, 0.3) is 0 Å². The first-order valence-electron chi connectivity index (χ1n) is 8.36. The Labute approximate surface area is 137 Å². The molecule has 0 aromatic carbocycles. The van der Waals surface area contributed by atoms with Gasteiger partial charge in [-0.1, -0.05) is 20.8 Å². The van der Waals surface area contributed by atoms with Crippen molar-refractivity contribution in [3.63, 3.8) is 0 Å². The lowest BCUT2D eigenvalue weighted by molar-refractivity contribution is -0.149. The SMILES string of the molecule is CC(C)CCC(C)(C)NC(=O)C(C)(C)OCC(C)C(C)(C)O. The van der Waals surface area contributed by atoms with Crippen molar-refractivity contribution in [2.75, 3.05) is 6.61 Å². The van der Waals surface area contributed by atoms with Crippen molar-refractivity contribution in [1.29, 1.82) is 0 Å². The van der Waals surface area contributed by atoms with Crippen LogP contribution in [0.5, 0.6) is 0 Å². The molecule has 0 spiro atoms. The fourth-order valence-electron chi connectivity index (χ4n) is 1.77. The molecule has 4 heteroatoms. The van der Waals surface area contributed by atoms with Crippen molar-refractivity contribution in [2.45, 2.75) is 91.9 Å². The maximum absolute atomic E-state index is 12.5. The summed E-state index contributed by atoms with van der Waals surface area (Å²) >= 11 is 0. The van der Waals surface area contributed by atoms with E-state index in [0.29, 0.717) is 12.5 Å². The molecular weight excluding hydrogens is 278 g/mol. The molecule has 0 saturated heterocycles. The molecule has 1 unspecified atom stereocenters. The average Bonchev–Trinajstić information content (AvgIpc) is 2.32. The Morgan fingerprint density at radius 1 is 1.09 bits per heavy atom. The predicted molar refractivity (Wildman–Crippen MR) is 91.8 cm³/mol. The molecule has 2 N–H and O–H groups in total. The number of carbonyl (C=O) groups is 1. The molecule has 0 radical (unpaired) electrons. The smallest absolute Gasteiger partial charge is 0.252 e. The van der Waals surface area contributed by atoms with Gasteiger partial charge in [0.05, 0.1) is 12.2 Å². The average molecular weight is 315 g/mol. The second kappa shape index (κ2) is 7.78. The lowest BCUT2D eigenvalue weighted by atomic mass is 9.92. The lowest BCUT2D eigenvalue weighted by Crippen LogP contribution is -2.53. The molecule has 0 aliphatic heterocycles. The van der Waals surface area contributed by atoms with Crippen molar-refractivity contribution in [2.24, 2.45) is 11.8 Å². The molecular formula is C18H37NO3. The van der Waals surface area contributed by atoms with Gasteiger partial charge in [0.1, 0.15) is 5.60 Å². The topological polar surface area (TPSA) is 58.6 Å². The van der Waals surface area contributed by atoms with E-state index >= 15 is 0 Å². The van der Waals surface area contributed by atoms with E-state index in [-0.39, 0.29) is 17.4 Å². The number of nitrogens with one attached hydrogen (secondary N) is 1. The van der Waals surface area contributed by atoms with Crippen molar-refractivity contribution in [1.82, 2.24) is 5.32 Å². The van der Waals surface area contributed by atoms with Crippen LogP contribution in [-0.4, -0.2) is 34.4 Å². The number of aliphatic hydroxyl groups is 1. The maximum Gasteiger partial charge on any atom is 0.252 e. The highest BCUT2D eigenvalue weighted by molar-refractivity contribution is 5.84. The van der Waals surface area contributed by atoms with Gasteiger partial charge in [-0.05, 0) is 60.3 Å². The molecule has 0 fully saturated rings. The summed E-state index contributed by atoms with van der Waals surface area (Å²) < 4.78 is 5.78. The van der Waals surface area contributed by atoms with E-state index in [9.17, 15) is 9.90 Å². The van der Waals surface area contributed by atoms with Gasteiger partial charge in [0.2, 0.25) is 0 Å². The molecule has 0 aliphatic rings. The van der Waals surface area contributed by atoms with Gasteiger partial charge in [-0.15, -0.1) is 0 Å². The van der Waals surface area contributed by atoms with Gasteiger partial charge in [0.25, 0.3) is 5.91 Å². The van der Waals surface area contributed by atoms with Crippen molar-refractivity contribution >= 4 is 5.91 Å². The summed E-state index contributed by atoms with van der Waals surface area (Å²) in [6, 6.07) is 0. The van der Waals surface area contributed by atoms with Crippen molar-refractivity contribution in [3.8, 4) is 0 Å². The van der Waals surface area contributed by atoms with E-state index in [1.54, 1.807) is 27.7 Å². The number of amides is 1. The van der Waals surface area contributed by atoms with Crippen molar-refractivity contribution < 1.29 is 14.6 Å². The minimum atomic E-state index is -0.908. The summed E-state index contributed by atoms with van der Waals surface area (Å²) in [7, 11) is 0. The Morgan fingerprint density at radius 3 is 2.00 bits per heavy atom. The van der Waals surface area contributed by atoms with Crippen LogP contribution in [0.4, 0.5) is 0 Å². The quantitative estimate of drug-likeness (QED) is 0.684. The second-order valence-electron chi connectivity index (χ2n) is 8.65. The predicted octanol–water partition coefficient (Wildman–Crippen LogP) is 3.52. The second-order valence-corrected chi connectivity index (χ2v) is 8.65. The Balaban J connectivity index is 4.55. The van der Waals surface area contributed by atoms with Gasteiger partial charge >= 0.3 is 0 Å². The van der Waals surface area contributed by atoms with E-state index in [1.165, 1.54) is 0 Å². The van der Waals surface area contributed by atoms with Crippen LogP contribution >= 0.6 is 0 Å². The van der Waals surface area contributed by atoms with Gasteiger partial charge in [-0.25, -0.2) is 0 Å². The number of hydrogen-bond donors (Lipinski definition) is 2. The highest BCUT2D eigenvalue weighted by Crippen LogP contribution is 2.21. The van der Waals surface area contributed by atoms with Gasteiger partial charge in [-0.3, -0.25) is 4.79 Å². The largest absolute Gasteiger partial charge is 0.390 e. The Morgan fingerprint density at radius 2 is 1.59 bits per heavy atom. The molecule has 0 aliphatic carbocycles. The number of carbonyl (C=O) groups excluding carboxylic acids is 1. The molecule has 22 heavy (non-hydrogen) atoms. The van der Waals surface area contributed by atoms with Crippen LogP contribution < -0.4 is 5.32 Å².